The SMILES string of the molecule is C=Cc1ccccc1N(CCC)CCC. The Hall–Kier alpha value is -1.24. The van der Waals surface area contributed by atoms with Crippen molar-refractivity contribution in [3.8, 4) is 0 Å². The molecule has 0 N–H and O–H groups in total. The summed E-state index contributed by atoms with van der Waals surface area (Å²) in [5, 5.41) is 0. The number of para-hydroxylation sites is 1. The third-order valence-corrected chi connectivity index (χ3v) is 2.48. The van der Waals surface area contributed by atoms with Crippen LogP contribution in [0.2, 0.25) is 0 Å². The number of hydrogen-bond donors (Lipinski definition) is 0. The summed E-state index contributed by atoms with van der Waals surface area (Å²) in [6.45, 7) is 10.6. The highest BCUT2D eigenvalue weighted by atomic mass is 15.1. The molecule has 0 radical (unpaired) electrons. The van der Waals surface area contributed by atoms with Gasteiger partial charge in [0.2, 0.25) is 0 Å². The molecule has 0 aliphatic heterocycles. The summed E-state index contributed by atoms with van der Waals surface area (Å²) in [6.07, 6.45) is 4.31. The van der Waals surface area contributed by atoms with E-state index in [-0.39, 0.29) is 0 Å². The van der Waals surface area contributed by atoms with E-state index in [1.165, 1.54) is 24.1 Å². The Balaban J connectivity index is 2.92. The molecule has 0 bridgehead atoms. The minimum atomic E-state index is 1.12. The van der Waals surface area contributed by atoms with E-state index in [4.69, 9.17) is 0 Å². The van der Waals surface area contributed by atoms with Crippen molar-refractivity contribution in [1.82, 2.24) is 0 Å². The molecule has 0 heterocycles. The van der Waals surface area contributed by atoms with E-state index >= 15 is 0 Å². The normalized spacial score (nSPS) is 10.0. The van der Waals surface area contributed by atoms with Crippen LogP contribution < -0.4 is 4.90 Å². The van der Waals surface area contributed by atoms with Gasteiger partial charge in [-0.2, -0.15) is 0 Å². The summed E-state index contributed by atoms with van der Waals surface area (Å²) in [6, 6.07) is 8.47. The topological polar surface area (TPSA) is 3.24 Å². The highest BCUT2D eigenvalue weighted by molar-refractivity contribution is 5.66. The van der Waals surface area contributed by atoms with Gasteiger partial charge in [-0.05, 0) is 24.5 Å². The maximum atomic E-state index is 3.87. The largest absolute Gasteiger partial charge is 0.371 e. The van der Waals surface area contributed by atoms with E-state index in [0.29, 0.717) is 0 Å². The molecule has 1 rings (SSSR count). The predicted molar refractivity (Wildman–Crippen MR) is 69.3 cm³/mol. The van der Waals surface area contributed by atoms with Crippen LogP contribution in [0, 0.1) is 0 Å². The molecular weight excluding hydrogens is 182 g/mol. The molecule has 0 aliphatic carbocycles. The summed E-state index contributed by atoms with van der Waals surface area (Å²) < 4.78 is 0. The maximum Gasteiger partial charge on any atom is 0.0439 e. The zero-order chi connectivity index (χ0) is 11.1. The fraction of sp³-hybridized carbons (Fsp3) is 0.429. The molecule has 0 saturated heterocycles. The van der Waals surface area contributed by atoms with Crippen molar-refractivity contribution in [3.63, 3.8) is 0 Å². The molecule has 1 heteroatoms. The van der Waals surface area contributed by atoms with E-state index < -0.39 is 0 Å². The first-order chi connectivity index (χ1) is 7.33. The monoisotopic (exact) mass is 203 g/mol. The predicted octanol–water partition coefficient (Wildman–Crippen LogP) is 3.96. The summed E-state index contributed by atoms with van der Waals surface area (Å²) in [5.41, 5.74) is 2.55. The van der Waals surface area contributed by atoms with Crippen LogP contribution in [0.3, 0.4) is 0 Å². The highest BCUT2D eigenvalue weighted by Gasteiger charge is 2.06. The molecule has 1 nitrogen and oxygen atoms in total. The highest BCUT2D eigenvalue weighted by Crippen LogP contribution is 2.21. The standard InChI is InChI=1S/C14H21N/c1-4-11-15(12-5-2)14-10-8-7-9-13(14)6-3/h6-10H,3-5,11-12H2,1-2H3. The lowest BCUT2D eigenvalue weighted by atomic mass is 10.1. The second kappa shape index (κ2) is 6.28. The Kier molecular flexibility index (Phi) is 4.96. The van der Waals surface area contributed by atoms with Crippen molar-refractivity contribution < 1.29 is 0 Å². The van der Waals surface area contributed by atoms with Crippen LogP contribution in [0.25, 0.3) is 6.08 Å². The van der Waals surface area contributed by atoms with Crippen LogP contribution in [0.4, 0.5) is 5.69 Å². The molecule has 0 atom stereocenters. The third kappa shape index (κ3) is 3.12. The van der Waals surface area contributed by atoms with Crippen LogP contribution in [0.15, 0.2) is 30.8 Å². The van der Waals surface area contributed by atoms with E-state index in [1.54, 1.807) is 0 Å². The molecule has 0 spiro atoms. The van der Waals surface area contributed by atoms with Crippen LogP contribution in [-0.2, 0) is 0 Å². The summed E-state index contributed by atoms with van der Waals surface area (Å²) >= 11 is 0. The molecule has 15 heavy (non-hydrogen) atoms. The Morgan fingerprint density at radius 3 is 2.27 bits per heavy atom. The molecule has 0 aliphatic rings. The average molecular weight is 203 g/mol. The first-order valence-corrected chi connectivity index (χ1v) is 5.79. The van der Waals surface area contributed by atoms with Gasteiger partial charge in [-0.3, -0.25) is 0 Å². The summed E-state index contributed by atoms with van der Waals surface area (Å²) in [5.74, 6) is 0. The van der Waals surface area contributed by atoms with Crippen molar-refractivity contribution in [1.29, 1.82) is 0 Å². The minimum absolute atomic E-state index is 1.12. The van der Waals surface area contributed by atoms with E-state index in [2.05, 4.69) is 49.6 Å². The van der Waals surface area contributed by atoms with Crippen molar-refractivity contribution in [2.45, 2.75) is 26.7 Å². The molecule has 0 saturated carbocycles. The number of benzene rings is 1. The maximum absolute atomic E-state index is 3.87. The number of hydrogen-bond acceptors (Lipinski definition) is 1. The van der Waals surface area contributed by atoms with Crippen LogP contribution in [-0.4, -0.2) is 13.1 Å². The molecule has 0 unspecified atom stereocenters. The first kappa shape index (κ1) is 11.8. The molecule has 1 aromatic rings. The van der Waals surface area contributed by atoms with Crippen LogP contribution in [0.1, 0.15) is 32.3 Å². The molecule has 0 amide bonds. The van der Waals surface area contributed by atoms with Gasteiger partial charge in [-0.25, -0.2) is 0 Å². The lowest BCUT2D eigenvalue weighted by Crippen LogP contribution is -2.25. The van der Waals surface area contributed by atoms with Gasteiger partial charge in [-0.15, -0.1) is 0 Å². The van der Waals surface area contributed by atoms with Gasteiger partial charge >= 0.3 is 0 Å². The van der Waals surface area contributed by atoms with Crippen molar-refractivity contribution in [3.05, 3.63) is 36.4 Å². The summed E-state index contributed by atoms with van der Waals surface area (Å²) in [7, 11) is 0. The zero-order valence-electron chi connectivity index (χ0n) is 9.87. The van der Waals surface area contributed by atoms with E-state index in [0.717, 1.165) is 13.1 Å². The smallest absolute Gasteiger partial charge is 0.0439 e. The van der Waals surface area contributed by atoms with Gasteiger partial charge in [0.05, 0.1) is 0 Å². The fourth-order valence-corrected chi connectivity index (χ4v) is 1.84. The van der Waals surface area contributed by atoms with Gasteiger partial charge in [-0.1, -0.05) is 44.7 Å². The minimum Gasteiger partial charge on any atom is -0.371 e. The van der Waals surface area contributed by atoms with Gasteiger partial charge in [0.1, 0.15) is 0 Å². The van der Waals surface area contributed by atoms with Gasteiger partial charge in [0, 0.05) is 18.8 Å². The van der Waals surface area contributed by atoms with Crippen molar-refractivity contribution in [2.75, 3.05) is 18.0 Å². The van der Waals surface area contributed by atoms with E-state index in [9.17, 15) is 0 Å². The number of nitrogens with zero attached hydrogens (tertiary/aromatic N) is 1. The van der Waals surface area contributed by atoms with Gasteiger partial charge in [0.15, 0.2) is 0 Å². The average Bonchev–Trinajstić information content (AvgIpc) is 2.29. The van der Waals surface area contributed by atoms with Crippen LogP contribution in [0.5, 0.6) is 0 Å². The molecule has 0 aromatic heterocycles. The Morgan fingerprint density at radius 1 is 1.13 bits per heavy atom. The lowest BCUT2D eigenvalue weighted by molar-refractivity contribution is 0.744. The second-order valence-electron chi connectivity index (χ2n) is 3.75. The van der Waals surface area contributed by atoms with E-state index in [1.807, 2.05) is 6.08 Å². The third-order valence-electron chi connectivity index (χ3n) is 2.48. The number of rotatable bonds is 6. The Labute approximate surface area is 93.4 Å². The second-order valence-corrected chi connectivity index (χ2v) is 3.75. The molecule has 82 valence electrons. The van der Waals surface area contributed by atoms with Crippen molar-refractivity contribution in [2.24, 2.45) is 0 Å². The number of anilines is 1. The van der Waals surface area contributed by atoms with Gasteiger partial charge in [0.25, 0.3) is 0 Å². The lowest BCUT2D eigenvalue weighted by Gasteiger charge is -2.25. The fourth-order valence-electron chi connectivity index (χ4n) is 1.84. The summed E-state index contributed by atoms with van der Waals surface area (Å²) in [4.78, 5) is 2.44. The first-order valence-electron chi connectivity index (χ1n) is 5.79. The van der Waals surface area contributed by atoms with Gasteiger partial charge < -0.3 is 4.90 Å². The Morgan fingerprint density at radius 2 is 1.73 bits per heavy atom. The van der Waals surface area contributed by atoms with Crippen LogP contribution >= 0.6 is 0 Å². The molecule has 1 aromatic carbocycles. The molecule has 0 fully saturated rings. The Bertz CT molecular complexity index is 298. The molecular formula is C14H21N. The zero-order valence-corrected chi connectivity index (χ0v) is 9.87. The van der Waals surface area contributed by atoms with Crippen molar-refractivity contribution >= 4 is 11.8 Å². The quantitative estimate of drug-likeness (QED) is 0.676.